The summed E-state index contributed by atoms with van der Waals surface area (Å²) < 4.78 is 14.4. The van der Waals surface area contributed by atoms with E-state index in [4.69, 9.17) is 14.2 Å². The SMILES string of the molecule is COC[C@H](O)[C@H](O)[C@@H](COC)OC. The molecule has 0 bridgehead atoms. The molecule has 0 aliphatic carbocycles. The molecule has 0 aliphatic rings. The molecule has 13 heavy (non-hydrogen) atoms. The Morgan fingerprint density at radius 1 is 1.00 bits per heavy atom. The van der Waals surface area contributed by atoms with Gasteiger partial charge in [-0.15, -0.1) is 0 Å². The Morgan fingerprint density at radius 2 is 1.54 bits per heavy atom. The molecule has 0 aromatic rings. The van der Waals surface area contributed by atoms with Gasteiger partial charge in [-0.1, -0.05) is 0 Å². The highest BCUT2D eigenvalue weighted by atomic mass is 16.5. The van der Waals surface area contributed by atoms with Gasteiger partial charge in [-0.3, -0.25) is 0 Å². The standard InChI is InChI=1S/C8H18O5/c1-11-4-6(9)8(10)7(13-3)5-12-2/h6-10H,4-5H2,1-3H3/t6-,7+,8-/m0/s1. The molecule has 5 heteroatoms. The zero-order valence-electron chi connectivity index (χ0n) is 8.27. The van der Waals surface area contributed by atoms with Crippen molar-refractivity contribution in [2.45, 2.75) is 18.3 Å². The summed E-state index contributed by atoms with van der Waals surface area (Å²) in [6.07, 6.45) is -2.48. The average Bonchev–Trinajstić information content (AvgIpc) is 2.13. The van der Waals surface area contributed by atoms with E-state index < -0.39 is 18.3 Å². The van der Waals surface area contributed by atoms with Crippen LogP contribution >= 0.6 is 0 Å². The van der Waals surface area contributed by atoms with E-state index in [-0.39, 0.29) is 13.2 Å². The van der Waals surface area contributed by atoms with Crippen LogP contribution in [0.1, 0.15) is 0 Å². The fraction of sp³-hybridized carbons (Fsp3) is 1.00. The Balaban J connectivity index is 3.94. The van der Waals surface area contributed by atoms with Crippen LogP contribution in [0, 0.1) is 0 Å². The van der Waals surface area contributed by atoms with Crippen molar-refractivity contribution in [2.24, 2.45) is 0 Å². The van der Waals surface area contributed by atoms with E-state index in [0.717, 1.165) is 0 Å². The van der Waals surface area contributed by atoms with Gasteiger partial charge in [-0.2, -0.15) is 0 Å². The number of methoxy groups -OCH3 is 3. The highest BCUT2D eigenvalue weighted by molar-refractivity contribution is 4.75. The van der Waals surface area contributed by atoms with Crippen molar-refractivity contribution in [1.82, 2.24) is 0 Å². The molecule has 0 aliphatic heterocycles. The maximum absolute atomic E-state index is 9.50. The molecule has 0 saturated carbocycles. The zero-order valence-corrected chi connectivity index (χ0v) is 8.27. The van der Waals surface area contributed by atoms with E-state index in [1.165, 1.54) is 21.3 Å². The third kappa shape index (κ3) is 4.54. The minimum absolute atomic E-state index is 0.0741. The predicted octanol–water partition coefficient (Wildman–Crippen LogP) is -0.984. The van der Waals surface area contributed by atoms with E-state index >= 15 is 0 Å². The third-order valence-corrected chi connectivity index (χ3v) is 1.75. The molecule has 0 aromatic heterocycles. The molecule has 0 fully saturated rings. The van der Waals surface area contributed by atoms with Gasteiger partial charge in [0.05, 0.1) is 13.2 Å². The Bertz CT molecular complexity index is 119. The summed E-state index contributed by atoms with van der Waals surface area (Å²) in [4.78, 5) is 0. The maximum Gasteiger partial charge on any atom is 0.110 e. The van der Waals surface area contributed by atoms with Gasteiger partial charge < -0.3 is 24.4 Å². The second-order valence-corrected chi connectivity index (χ2v) is 2.74. The first-order valence-electron chi connectivity index (χ1n) is 4.04. The van der Waals surface area contributed by atoms with Crippen molar-refractivity contribution in [3.63, 3.8) is 0 Å². The number of aliphatic hydroxyl groups is 2. The molecular formula is C8H18O5. The van der Waals surface area contributed by atoms with Crippen molar-refractivity contribution in [3.05, 3.63) is 0 Å². The maximum atomic E-state index is 9.50. The van der Waals surface area contributed by atoms with E-state index in [0.29, 0.717) is 0 Å². The number of rotatable bonds is 7. The van der Waals surface area contributed by atoms with Crippen LogP contribution in [0.2, 0.25) is 0 Å². The van der Waals surface area contributed by atoms with Crippen LogP contribution in [-0.2, 0) is 14.2 Å². The molecule has 3 atom stereocenters. The third-order valence-electron chi connectivity index (χ3n) is 1.75. The fourth-order valence-corrected chi connectivity index (χ4v) is 0.987. The van der Waals surface area contributed by atoms with Gasteiger partial charge in [0.15, 0.2) is 0 Å². The highest BCUT2D eigenvalue weighted by Gasteiger charge is 2.25. The summed E-state index contributed by atoms with van der Waals surface area (Å²) >= 11 is 0. The fourth-order valence-electron chi connectivity index (χ4n) is 0.987. The Labute approximate surface area is 78.2 Å². The molecule has 0 aromatic carbocycles. The molecule has 5 nitrogen and oxygen atoms in total. The molecule has 0 amide bonds. The molecule has 0 saturated heterocycles. The quantitative estimate of drug-likeness (QED) is 0.545. The molecule has 0 unspecified atom stereocenters. The first-order chi connectivity index (χ1) is 6.17. The van der Waals surface area contributed by atoms with Crippen molar-refractivity contribution in [1.29, 1.82) is 0 Å². The van der Waals surface area contributed by atoms with Gasteiger partial charge in [-0.05, 0) is 0 Å². The number of aliphatic hydroxyl groups excluding tert-OH is 2. The van der Waals surface area contributed by atoms with Crippen LogP contribution in [0.25, 0.3) is 0 Å². The lowest BCUT2D eigenvalue weighted by Gasteiger charge is -2.24. The molecule has 0 spiro atoms. The van der Waals surface area contributed by atoms with E-state index in [1.807, 2.05) is 0 Å². The van der Waals surface area contributed by atoms with Crippen LogP contribution in [0.4, 0.5) is 0 Å². The first-order valence-corrected chi connectivity index (χ1v) is 4.04. The minimum Gasteiger partial charge on any atom is -0.388 e. The number of hydrogen-bond acceptors (Lipinski definition) is 5. The lowest BCUT2D eigenvalue weighted by atomic mass is 10.1. The molecular weight excluding hydrogens is 176 g/mol. The summed E-state index contributed by atoms with van der Waals surface area (Å²) in [6.45, 7) is 0.309. The molecule has 80 valence electrons. The number of ether oxygens (including phenoxy) is 3. The van der Waals surface area contributed by atoms with Crippen LogP contribution in [-0.4, -0.2) is 63.1 Å². The van der Waals surface area contributed by atoms with Crippen LogP contribution in [0.15, 0.2) is 0 Å². The summed E-state index contributed by atoms with van der Waals surface area (Å²) in [6, 6.07) is 0. The van der Waals surface area contributed by atoms with Crippen molar-refractivity contribution < 1.29 is 24.4 Å². The first kappa shape index (κ1) is 12.8. The largest absolute Gasteiger partial charge is 0.388 e. The van der Waals surface area contributed by atoms with Gasteiger partial charge in [-0.25, -0.2) is 0 Å². The smallest absolute Gasteiger partial charge is 0.110 e. The predicted molar refractivity (Wildman–Crippen MR) is 46.6 cm³/mol. The molecule has 0 radical (unpaired) electrons. The summed E-state index contributed by atoms with van der Waals surface area (Å²) in [7, 11) is 4.40. The van der Waals surface area contributed by atoms with Gasteiger partial charge in [0.1, 0.15) is 18.3 Å². The second kappa shape index (κ2) is 7.23. The Hall–Kier alpha value is -0.200. The lowest BCUT2D eigenvalue weighted by Crippen LogP contribution is -2.43. The van der Waals surface area contributed by atoms with Crippen molar-refractivity contribution in [3.8, 4) is 0 Å². The Kier molecular flexibility index (Phi) is 7.12. The minimum atomic E-state index is -0.995. The van der Waals surface area contributed by atoms with Crippen LogP contribution in [0.3, 0.4) is 0 Å². The van der Waals surface area contributed by atoms with E-state index in [9.17, 15) is 10.2 Å². The normalized spacial score (nSPS) is 18.2. The highest BCUT2D eigenvalue weighted by Crippen LogP contribution is 2.04. The topological polar surface area (TPSA) is 68.2 Å². The van der Waals surface area contributed by atoms with E-state index in [2.05, 4.69) is 0 Å². The average molecular weight is 194 g/mol. The summed E-state index contributed by atoms with van der Waals surface area (Å²) in [5.74, 6) is 0. The summed E-state index contributed by atoms with van der Waals surface area (Å²) in [5.41, 5.74) is 0. The number of hydrogen-bond donors (Lipinski definition) is 2. The zero-order chi connectivity index (χ0) is 10.3. The van der Waals surface area contributed by atoms with Gasteiger partial charge >= 0.3 is 0 Å². The monoisotopic (exact) mass is 194 g/mol. The van der Waals surface area contributed by atoms with Gasteiger partial charge in [0.25, 0.3) is 0 Å². The van der Waals surface area contributed by atoms with Crippen molar-refractivity contribution in [2.75, 3.05) is 34.5 Å². The lowest BCUT2D eigenvalue weighted by molar-refractivity contribution is -0.112. The van der Waals surface area contributed by atoms with Crippen molar-refractivity contribution >= 4 is 0 Å². The summed E-state index contributed by atoms with van der Waals surface area (Å²) in [5, 5.41) is 18.8. The van der Waals surface area contributed by atoms with Gasteiger partial charge in [0.2, 0.25) is 0 Å². The molecule has 2 N–H and O–H groups in total. The Morgan fingerprint density at radius 3 is 1.92 bits per heavy atom. The van der Waals surface area contributed by atoms with Crippen LogP contribution < -0.4 is 0 Å². The molecule has 0 rings (SSSR count). The van der Waals surface area contributed by atoms with Gasteiger partial charge in [0, 0.05) is 21.3 Å². The van der Waals surface area contributed by atoms with E-state index in [1.54, 1.807) is 0 Å². The second-order valence-electron chi connectivity index (χ2n) is 2.74. The van der Waals surface area contributed by atoms with Crippen LogP contribution in [0.5, 0.6) is 0 Å². The molecule has 0 heterocycles.